The lowest BCUT2D eigenvalue weighted by molar-refractivity contribution is 0.103. The minimum absolute atomic E-state index is 0.0772. The largest absolute Gasteiger partial charge is 0.349 e. The van der Waals surface area contributed by atoms with E-state index >= 15 is 0 Å². The van der Waals surface area contributed by atoms with Crippen LogP contribution in [0.2, 0.25) is 0 Å². The molecule has 0 saturated heterocycles. The van der Waals surface area contributed by atoms with Gasteiger partial charge in [-0.3, -0.25) is 4.79 Å². The number of hydrogen-bond donors (Lipinski definition) is 0. The zero-order chi connectivity index (χ0) is 18.6. The molecule has 134 valence electrons. The van der Waals surface area contributed by atoms with Crippen LogP contribution < -0.4 is 9.80 Å². The number of para-hydroxylation sites is 1. The topological polar surface area (TPSA) is 23.6 Å². The molecule has 3 aromatic carbocycles. The SMILES string of the molecule is Cc1ccc(N2C=C(C(=O)c3ccccc3)CN(c3ccccc3)C2)cc1. The number of carbonyl (C=O) groups is 1. The molecule has 4 rings (SSSR count). The molecule has 0 bridgehead atoms. The molecule has 1 aliphatic heterocycles. The molecular weight excluding hydrogens is 332 g/mol. The Morgan fingerprint density at radius 3 is 2.07 bits per heavy atom. The van der Waals surface area contributed by atoms with Crippen molar-refractivity contribution in [1.29, 1.82) is 0 Å². The van der Waals surface area contributed by atoms with Gasteiger partial charge in [-0.2, -0.15) is 0 Å². The summed E-state index contributed by atoms with van der Waals surface area (Å²) in [5, 5.41) is 0. The highest BCUT2D eigenvalue weighted by Crippen LogP contribution is 2.26. The molecule has 3 heteroatoms. The lowest BCUT2D eigenvalue weighted by atomic mass is 10.0. The summed E-state index contributed by atoms with van der Waals surface area (Å²) in [6.45, 7) is 3.38. The van der Waals surface area contributed by atoms with Crippen LogP contribution in [0.5, 0.6) is 0 Å². The van der Waals surface area contributed by atoms with Gasteiger partial charge in [0.1, 0.15) is 0 Å². The number of rotatable bonds is 4. The predicted octanol–water partition coefficient (Wildman–Crippen LogP) is 5.05. The van der Waals surface area contributed by atoms with Crippen LogP contribution in [0, 0.1) is 6.92 Å². The van der Waals surface area contributed by atoms with Gasteiger partial charge in [-0.1, -0.05) is 66.2 Å². The predicted molar refractivity (Wildman–Crippen MR) is 111 cm³/mol. The van der Waals surface area contributed by atoms with Crippen LogP contribution in [-0.4, -0.2) is 19.0 Å². The van der Waals surface area contributed by atoms with Crippen molar-refractivity contribution in [2.45, 2.75) is 6.92 Å². The Hall–Kier alpha value is -3.33. The Balaban J connectivity index is 1.71. The first-order chi connectivity index (χ1) is 13.2. The van der Waals surface area contributed by atoms with Gasteiger partial charge in [0.2, 0.25) is 0 Å². The molecule has 1 heterocycles. The van der Waals surface area contributed by atoms with Gasteiger partial charge < -0.3 is 9.80 Å². The van der Waals surface area contributed by atoms with E-state index in [0.29, 0.717) is 13.2 Å². The maximum atomic E-state index is 13.1. The number of hydrogen-bond acceptors (Lipinski definition) is 3. The highest BCUT2D eigenvalue weighted by molar-refractivity contribution is 6.09. The van der Waals surface area contributed by atoms with Gasteiger partial charge in [-0.05, 0) is 31.2 Å². The molecule has 0 amide bonds. The fourth-order valence-electron chi connectivity index (χ4n) is 3.32. The van der Waals surface area contributed by atoms with Gasteiger partial charge in [0.05, 0.1) is 13.2 Å². The van der Waals surface area contributed by atoms with E-state index in [9.17, 15) is 4.79 Å². The molecule has 0 fully saturated rings. The van der Waals surface area contributed by atoms with E-state index in [4.69, 9.17) is 0 Å². The maximum absolute atomic E-state index is 13.1. The van der Waals surface area contributed by atoms with Crippen LogP contribution in [0.3, 0.4) is 0 Å². The molecule has 27 heavy (non-hydrogen) atoms. The zero-order valence-corrected chi connectivity index (χ0v) is 15.4. The number of Topliss-reactive ketones (excluding diaryl/α,β-unsaturated/α-hetero) is 1. The van der Waals surface area contributed by atoms with Crippen LogP contribution in [0.15, 0.2) is 96.7 Å². The highest BCUT2D eigenvalue weighted by atomic mass is 16.1. The smallest absolute Gasteiger partial charge is 0.192 e. The lowest BCUT2D eigenvalue weighted by Crippen LogP contribution is -2.42. The Kier molecular flexibility index (Phi) is 4.75. The van der Waals surface area contributed by atoms with Crippen LogP contribution in [0.4, 0.5) is 11.4 Å². The highest BCUT2D eigenvalue weighted by Gasteiger charge is 2.24. The van der Waals surface area contributed by atoms with Gasteiger partial charge in [0, 0.05) is 28.7 Å². The van der Waals surface area contributed by atoms with Crippen molar-refractivity contribution in [2.75, 3.05) is 23.0 Å². The Bertz CT molecular complexity index is 947. The third kappa shape index (κ3) is 3.77. The molecule has 0 aromatic heterocycles. The van der Waals surface area contributed by atoms with Gasteiger partial charge in [-0.15, -0.1) is 0 Å². The van der Waals surface area contributed by atoms with Crippen molar-refractivity contribution in [2.24, 2.45) is 0 Å². The van der Waals surface area contributed by atoms with E-state index in [2.05, 4.69) is 53.1 Å². The quantitative estimate of drug-likeness (QED) is 0.613. The second-order valence-corrected chi connectivity index (χ2v) is 6.83. The van der Waals surface area contributed by atoms with E-state index < -0.39 is 0 Å². The Labute approximate surface area is 160 Å². The average Bonchev–Trinajstić information content (AvgIpc) is 2.74. The second-order valence-electron chi connectivity index (χ2n) is 6.83. The third-order valence-corrected chi connectivity index (χ3v) is 4.81. The molecular formula is C24H22N2O. The molecule has 0 radical (unpaired) electrons. The summed E-state index contributed by atoms with van der Waals surface area (Å²) in [6, 6.07) is 28.1. The minimum atomic E-state index is 0.0772. The van der Waals surface area contributed by atoms with E-state index in [1.54, 1.807) is 0 Å². The Morgan fingerprint density at radius 2 is 1.41 bits per heavy atom. The van der Waals surface area contributed by atoms with Crippen molar-refractivity contribution in [3.8, 4) is 0 Å². The summed E-state index contributed by atoms with van der Waals surface area (Å²) in [5.74, 6) is 0.0772. The molecule has 0 aliphatic carbocycles. The van der Waals surface area contributed by atoms with Crippen molar-refractivity contribution in [1.82, 2.24) is 0 Å². The number of carbonyl (C=O) groups excluding carboxylic acids is 1. The van der Waals surface area contributed by atoms with Crippen molar-refractivity contribution < 1.29 is 4.79 Å². The molecule has 1 aliphatic rings. The molecule has 0 N–H and O–H groups in total. The first-order valence-corrected chi connectivity index (χ1v) is 9.14. The summed E-state index contributed by atoms with van der Waals surface area (Å²) in [5.41, 5.74) is 4.93. The Morgan fingerprint density at radius 1 is 0.778 bits per heavy atom. The average molecular weight is 354 g/mol. The van der Waals surface area contributed by atoms with Gasteiger partial charge in [0.25, 0.3) is 0 Å². The van der Waals surface area contributed by atoms with E-state index in [1.165, 1.54) is 5.56 Å². The fourth-order valence-corrected chi connectivity index (χ4v) is 3.32. The zero-order valence-electron chi connectivity index (χ0n) is 15.4. The van der Waals surface area contributed by atoms with Crippen molar-refractivity contribution >= 4 is 17.2 Å². The van der Waals surface area contributed by atoms with Crippen LogP contribution in [0.25, 0.3) is 0 Å². The maximum Gasteiger partial charge on any atom is 0.192 e. The standard InChI is InChI=1S/C24H22N2O/c1-19-12-14-23(15-13-19)26-17-21(24(27)20-8-4-2-5-9-20)16-25(18-26)22-10-6-3-7-11-22/h2-15,17H,16,18H2,1H3. The summed E-state index contributed by atoms with van der Waals surface area (Å²) < 4.78 is 0. The van der Waals surface area contributed by atoms with Crippen molar-refractivity contribution in [3.63, 3.8) is 0 Å². The summed E-state index contributed by atoms with van der Waals surface area (Å²) >= 11 is 0. The number of ketones is 1. The van der Waals surface area contributed by atoms with E-state index in [0.717, 1.165) is 22.5 Å². The van der Waals surface area contributed by atoms with Crippen LogP contribution in [0.1, 0.15) is 15.9 Å². The number of aryl methyl sites for hydroxylation is 1. The van der Waals surface area contributed by atoms with Crippen molar-refractivity contribution in [3.05, 3.63) is 108 Å². The third-order valence-electron chi connectivity index (χ3n) is 4.81. The summed E-state index contributed by atoms with van der Waals surface area (Å²) in [4.78, 5) is 17.5. The van der Waals surface area contributed by atoms with Gasteiger partial charge in [0.15, 0.2) is 5.78 Å². The van der Waals surface area contributed by atoms with E-state index in [-0.39, 0.29) is 5.78 Å². The summed E-state index contributed by atoms with van der Waals surface area (Å²) in [6.07, 6.45) is 2.00. The first-order valence-electron chi connectivity index (χ1n) is 9.14. The number of benzene rings is 3. The molecule has 0 atom stereocenters. The first kappa shape index (κ1) is 17.1. The lowest BCUT2D eigenvalue weighted by Gasteiger charge is -2.36. The second kappa shape index (κ2) is 7.50. The van der Waals surface area contributed by atoms with Crippen LogP contribution in [-0.2, 0) is 0 Å². The normalized spacial score (nSPS) is 14.0. The van der Waals surface area contributed by atoms with Gasteiger partial charge >= 0.3 is 0 Å². The molecule has 3 nitrogen and oxygen atoms in total. The molecule has 0 spiro atoms. The van der Waals surface area contributed by atoms with Crippen LogP contribution >= 0.6 is 0 Å². The molecule has 3 aromatic rings. The number of anilines is 2. The molecule has 0 unspecified atom stereocenters. The van der Waals surface area contributed by atoms with Gasteiger partial charge in [-0.25, -0.2) is 0 Å². The monoisotopic (exact) mass is 354 g/mol. The number of nitrogens with zero attached hydrogens (tertiary/aromatic N) is 2. The molecule has 0 saturated carbocycles. The minimum Gasteiger partial charge on any atom is -0.349 e. The fraction of sp³-hybridized carbons (Fsp3) is 0.125. The summed E-state index contributed by atoms with van der Waals surface area (Å²) in [7, 11) is 0. The van der Waals surface area contributed by atoms with E-state index in [1.807, 2.05) is 54.7 Å².